The molecule has 0 spiro atoms. The summed E-state index contributed by atoms with van der Waals surface area (Å²) >= 11 is 0. The highest BCUT2D eigenvalue weighted by atomic mass is 16.5. The summed E-state index contributed by atoms with van der Waals surface area (Å²) in [4.78, 5) is 26.5. The molecule has 0 saturated carbocycles. The minimum absolute atomic E-state index is 0.330. The molecule has 1 fully saturated rings. The summed E-state index contributed by atoms with van der Waals surface area (Å²) in [6.07, 6.45) is 3.66. The van der Waals surface area contributed by atoms with Crippen molar-refractivity contribution >= 4 is 23.3 Å². The number of carbonyl (C=O) groups excluding carboxylic acids is 2. The summed E-state index contributed by atoms with van der Waals surface area (Å²) in [5.74, 6) is -0.614. The van der Waals surface area contributed by atoms with E-state index in [1.807, 2.05) is 24.3 Å². The van der Waals surface area contributed by atoms with Crippen molar-refractivity contribution in [2.45, 2.75) is 12.8 Å². The summed E-state index contributed by atoms with van der Waals surface area (Å²) < 4.78 is 10.2. The van der Waals surface area contributed by atoms with Crippen LogP contribution in [-0.4, -0.2) is 41.8 Å². The van der Waals surface area contributed by atoms with Crippen molar-refractivity contribution in [2.75, 3.05) is 29.9 Å². The van der Waals surface area contributed by atoms with E-state index in [2.05, 4.69) is 20.4 Å². The first-order chi connectivity index (χ1) is 14.2. The van der Waals surface area contributed by atoms with Gasteiger partial charge in [0, 0.05) is 30.0 Å². The first kappa shape index (κ1) is 18.7. The molecule has 1 aliphatic rings. The van der Waals surface area contributed by atoms with Gasteiger partial charge in [-0.15, -0.1) is 10.2 Å². The normalized spacial score (nSPS) is 13.3. The Kier molecular flexibility index (Phi) is 5.51. The van der Waals surface area contributed by atoms with E-state index < -0.39 is 11.9 Å². The van der Waals surface area contributed by atoms with Crippen molar-refractivity contribution in [2.24, 2.45) is 0 Å². The number of ether oxygens (including phenoxy) is 1. The lowest BCUT2D eigenvalue weighted by molar-refractivity contribution is -0.119. The molecule has 2 aromatic carbocycles. The molecule has 1 aliphatic heterocycles. The highest BCUT2D eigenvalue weighted by Gasteiger charge is 2.14. The first-order valence-corrected chi connectivity index (χ1v) is 9.38. The molecule has 0 unspecified atom stereocenters. The third kappa shape index (κ3) is 4.60. The average Bonchev–Trinajstić information content (AvgIpc) is 3.47. The van der Waals surface area contributed by atoms with E-state index in [1.54, 1.807) is 24.3 Å². The van der Waals surface area contributed by atoms with E-state index in [1.165, 1.54) is 19.2 Å². The topological polar surface area (TPSA) is 97.6 Å². The lowest BCUT2D eigenvalue weighted by Crippen LogP contribution is -2.21. The van der Waals surface area contributed by atoms with Gasteiger partial charge in [0.25, 0.3) is 5.91 Å². The number of nitrogens with one attached hydrogen (secondary N) is 1. The van der Waals surface area contributed by atoms with Crippen molar-refractivity contribution < 1.29 is 18.7 Å². The largest absolute Gasteiger partial charge is 0.452 e. The zero-order valence-electron chi connectivity index (χ0n) is 15.7. The predicted octanol–water partition coefficient (Wildman–Crippen LogP) is 3.13. The van der Waals surface area contributed by atoms with E-state index in [9.17, 15) is 9.59 Å². The van der Waals surface area contributed by atoms with Crippen LogP contribution in [-0.2, 0) is 9.53 Å². The third-order valence-corrected chi connectivity index (χ3v) is 4.68. The lowest BCUT2D eigenvalue weighted by Gasteiger charge is -2.17. The molecule has 148 valence electrons. The fourth-order valence-corrected chi connectivity index (χ4v) is 3.19. The van der Waals surface area contributed by atoms with Crippen LogP contribution in [0, 0.1) is 0 Å². The van der Waals surface area contributed by atoms with Crippen LogP contribution in [0.25, 0.3) is 11.5 Å². The minimum Gasteiger partial charge on any atom is -0.452 e. The van der Waals surface area contributed by atoms with Crippen molar-refractivity contribution in [3.63, 3.8) is 0 Å². The molecule has 0 radical (unpaired) electrons. The monoisotopic (exact) mass is 392 g/mol. The molecule has 0 aliphatic carbocycles. The Bertz CT molecular complexity index is 963. The van der Waals surface area contributed by atoms with Gasteiger partial charge in [0.2, 0.25) is 12.3 Å². The van der Waals surface area contributed by atoms with E-state index >= 15 is 0 Å². The maximum Gasteiger partial charge on any atom is 0.338 e. The van der Waals surface area contributed by atoms with Crippen molar-refractivity contribution in [3.05, 3.63) is 60.5 Å². The minimum atomic E-state index is -0.582. The second-order valence-corrected chi connectivity index (χ2v) is 6.69. The molecule has 2 heterocycles. The Morgan fingerprint density at radius 3 is 2.41 bits per heavy atom. The van der Waals surface area contributed by atoms with E-state index in [-0.39, 0.29) is 6.61 Å². The average molecular weight is 392 g/mol. The number of anilines is 2. The Morgan fingerprint density at radius 2 is 1.76 bits per heavy atom. The van der Waals surface area contributed by atoms with Crippen LogP contribution < -0.4 is 10.2 Å². The van der Waals surface area contributed by atoms with Gasteiger partial charge in [0.15, 0.2) is 6.61 Å². The predicted molar refractivity (Wildman–Crippen MR) is 107 cm³/mol. The maximum absolute atomic E-state index is 12.1. The maximum atomic E-state index is 12.1. The third-order valence-electron chi connectivity index (χ3n) is 4.68. The van der Waals surface area contributed by atoms with E-state index in [4.69, 9.17) is 9.15 Å². The Balaban J connectivity index is 1.27. The summed E-state index contributed by atoms with van der Waals surface area (Å²) in [6, 6.07) is 14.2. The number of nitrogens with zero attached hydrogens (tertiary/aromatic N) is 3. The van der Waals surface area contributed by atoms with Crippen LogP contribution in [0.3, 0.4) is 0 Å². The van der Waals surface area contributed by atoms with Crippen molar-refractivity contribution in [3.8, 4) is 11.5 Å². The molecule has 8 nitrogen and oxygen atoms in total. The van der Waals surface area contributed by atoms with Crippen LogP contribution in [0.1, 0.15) is 23.2 Å². The molecule has 1 aromatic heterocycles. The van der Waals surface area contributed by atoms with Gasteiger partial charge < -0.3 is 19.4 Å². The summed E-state index contributed by atoms with van der Waals surface area (Å²) in [7, 11) is 0. The van der Waals surface area contributed by atoms with Gasteiger partial charge in [-0.2, -0.15) is 0 Å². The van der Waals surface area contributed by atoms with Crippen LogP contribution >= 0.6 is 0 Å². The summed E-state index contributed by atoms with van der Waals surface area (Å²) in [5, 5.41) is 10.1. The second kappa shape index (κ2) is 8.55. The SMILES string of the molecule is O=C(COC(=O)c1ccc(-c2nnco2)cc1)Nc1ccc(N2CCCC2)cc1. The fraction of sp³-hybridized carbons (Fsp3) is 0.238. The number of amides is 1. The molecule has 29 heavy (non-hydrogen) atoms. The molecular weight excluding hydrogens is 372 g/mol. The smallest absolute Gasteiger partial charge is 0.338 e. The number of carbonyl (C=O) groups is 2. The molecule has 1 saturated heterocycles. The van der Waals surface area contributed by atoms with E-state index in [0.717, 1.165) is 18.8 Å². The summed E-state index contributed by atoms with van der Waals surface area (Å²) in [5.41, 5.74) is 2.83. The van der Waals surface area contributed by atoms with Crippen LogP contribution in [0.2, 0.25) is 0 Å². The van der Waals surface area contributed by atoms with E-state index in [0.29, 0.717) is 22.7 Å². The van der Waals surface area contributed by atoms with Gasteiger partial charge in [-0.1, -0.05) is 0 Å². The Morgan fingerprint density at radius 1 is 1.03 bits per heavy atom. The van der Waals surface area contributed by atoms with Gasteiger partial charge in [0.1, 0.15) is 0 Å². The number of esters is 1. The Hall–Kier alpha value is -3.68. The van der Waals surface area contributed by atoms with Crippen molar-refractivity contribution in [1.29, 1.82) is 0 Å². The number of rotatable bonds is 6. The van der Waals surface area contributed by atoms with Crippen molar-refractivity contribution in [1.82, 2.24) is 10.2 Å². The van der Waals surface area contributed by atoms with Gasteiger partial charge in [0.05, 0.1) is 5.56 Å². The van der Waals surface area contributed by atoms with Crippen LogP contribution in [0.4, 0.5) is 11.4 Å². The molecule has 1 N–H and O–H groups in total. The number of hydrogen-bond acceptors (Lipinski definition) is 7. The molecule has 1 amide bonds. The fourth-order valence-electron chi connectivity index (χ4n) is 3.19. The van der Waals surface area contributed by atoms with Crippen LogP contribution in [0.15, 0.2) is 59.3 Å². The van der Waals surface area contributed by atoms with Gasteiger partial charge in [-0.3, -0.25) is 4.79 Å². The second-order valence-electron chi connectivity index (χ2n) is 6.69. The lowest BCUT2D eigenvalue weighted by atomic mass is 10.1. The molecule has 0 bridgehead atoms. The van der Waals surface area contributed by atoms with Gasteiger partial charge in [-0.25, -0.2) is 4.79 Å². The zero-order chi connectivity index (χ0) is 20.1. The van der Waals surface area contributed by atoms with Crippen LogP contribution in [0.5, 0.6) is 0 Å². The zero-order valence-corrected chi connectivity index (χ0v) is 15.7. The van der Waals surface area contributed by atoms with Gasteiger partial charge >= 0.3 is 5.97 Å². The number of benzene rings is 2. The summed E-state index contributed by atoms with van der Waals surface area (Å²) in [6.45, 7) is 1.77. The molecular formula is C21H20N4O4. The first-order valence-electron chi connectivity index (χ1n) is 9.38. The molecule has 3 aromatic rings. The molecule has 8 heteroatoms. The number of hydrogen-bond donors (Lipinski definition) is 1. The highest BCUT2D eigenvalue weighted by molar-refractivity contribution is 5.95. The Labute approximate surface area is 167 Å². The highest BCUT2D eigenvalue weighted by Crippen LogP contribution is 2.22. The molecule has 0 atom stereocenters. The van der Waals surface area contributed by atoms with Gasteiger partial charge in [-0.05, 0) is 61.4 Å². The number of aromatic nitrogens is 2. The quantitative estimate of drug-likeness (QED) is 0.644. The molecule has 4 rings (SSSR count). The standard InChI is InChI=1S/C21H20N4O4/c26-19(23-17-7-9-18(10-8-17)25-11-1-2-12-25)13-28-21(27)16-5-3-15(4-6-16)20-24-22-14-29-20/h3-10,14H,1-2,11-13H2,(H,23,26).